The molecule has 0 radical (unpaired) electrons. The topological polar surface area (TPSA) is 74.3 Å². The van der Waals surface area contributed by atoms with Crippen LogP contribution in [0.1, 0.15) is 18.4 Å². The highest BCUT2D eigenvalue weighted by Crippen LogP contribution is 2.13. The first-order valence-electron chi connectivity index (χ1n) is 8.49. The minimum absolute atomic E-state index is 0.0442. The number of likely N-dealkylation sites (tertiary alicyclic amines) is 1. The highest BCUT2D eigenvalue weighted by Gasteiger charge is 2.23. The molecule has 0 bridgehead atoms. The van der Waals surface area contributed by atoms with Crippen molar-refractivity contribution in [3.05, 3.63) is 60.4 Å². The van der Waals surface area contributed by atoms with Gasteiger partial charge in [0.25, 0.3) is 0 Å². The summed E-state index contributed by atoms with van der Waals surface area (Å²) in [6, 6.07) is 13.1. The van der Waals surface area contributed by atoms with Gasteiger partial charge in [0.2, 0.25) is 0 Å². The van der Waals surface area contributed by atoms with Gasteiger partial charge in [-0.05, 0) is 42.7 Å². The standard InChI is InChI=1S/C19H22N4O2/c24-18(21-16-4-2-1-3-5-16)19(25)22-17-8-12-23(13-9-17)14-15-6-10-20-11-7-15/h1-7,10-11,17H,8-9,12-14H2,(H,21,24)(H,22,25). The number of pyridine rings is 1. The summed E-state index contributed by atoms with van der Waals surface area (Å²) in [6.45, 7) is 2.68. The lowest BCUT2D eigenvalue weighted by molar-refractivity contribution is -0.136. The summed E-state index contributed by atoms with van der Waals surface area (Å²) in [5.74, 6) is -1.19. The number of aromatic nitrogens is 1. The van der Waals surface area contributed by atoms with E-state index in [-0.39, 0.29) is 6.04 Å². The number of para-hydroxylation sites is 1. The molecule has 0 spiro atoms. The zero-order chi connectivity index (χ0) is 17.5. The maximum absolute atomic E-state index is 12.0. The molecule has 0 atom stereocenters. The van der Waals surface area contributed by atoms with Crippen LogP contribution in [0.4, 0.5) is 5.69 Å². The Bertz CT molecular complexity index is 698. The van der Waals surface area contributed by atoms with Crippen LogP contribution in [-0.2, 0) is 16.1 Å². The van der Waals surface area contributed by atoms with E-state index in [1.807, 2.05) is 30.3 Å². The van der Waals surface area contributed by atoms with Crippen LogP contribution in [0.2, 0.25) is 0 Å². The van der Waals surface area contributed by atoms with E-state index in [4.69, 9.17) is 0 Å². The van der Waals surface area contributed by atoms with Crippen molar-refractivity contribution in [3.8, 4) is 0 Å². The van der Waals surface area contributed by atoms with Gasteiger partial charge in [-0.15, -0.1) is 0 Å². The van der Waals surface area contributed by atoms with Gasteiger partial charge in [-0.25, -0.2) is 0 Å². The van der Waals surface area contributed by atoms with Gasteiger partial charge in [0, 0.05) is 43.8 Å². The highest BCUT2D eigenvalue weighted by molar-refractivity contribution is 6.39. The monoisotopic (exact) mass is 338 g/mol. The van der Waals surface area contributed by atoms with Gasteiger partial charge in [0.05, 0.1) is 0 Å². The van der Waals surface area contributed by atoms with Crippen LogP contribution in [-0.4, -0.2) is 40.8 Å². The third-order valence-corrected chi connectivity index (χ3v) is 4.32. The number of hydrogen-bond donors (Lipinski definition) is 2. The first-order valence-corrected chi connectivity index (χ1v) is 8.49. The lowest BCUT2D eigenvalue weighted by atomic mass is 10.0. The third-order valence-electron chi connectivity index (χ3n) is 4.32. The molecule has 2 amide bonds. The molecule has 0 aliphatic carbocycles. The quantitative estimate of drug-likeness (QED) is 0.834. The normalized spacial score (nSPS) is 15.5. The van der Waals surface area contributed by atoms with Crippen molar-refractivity contribution in [3.63, 3.8) is 0 Å². The summed E-state index contributed by atoms with van der Waals surface area (Å²) >= 11 is 0. The van der Waals surface area contributed by atoms with Crippen molar-refractivity contribution in [2.45, 2.75) is 25.4 Å². The summed E-state index contributed by atoms with van der Waals surface area (Å²) in [5, 5.41) is 5.44. The van der Waals surface area contributed by atoms with Crippen molar-refractivity contribution in [2.75, 3.05) is 18.4 Å². The molecule has 0 unspecified atom stereocenters. The number of rotatable bonds is 4. The van der Waals surface area contributed by atoms with Crippen molar-refractivity contribution in [1.82, 2.24) is 15.2 Å². The van der Waals surface area contributed by atoms with E-state index in [0.29, 0.717) is 5.69 Å². The summed E-state index contributed by atoms with van der Waals surface area (Å²) in [6.07, 6.45) is 5.28. The highest BCUT2D eigenvalue weighted by atomic mass is 16.2. The van der Waals surface area contributed by atoms with Gasteiger partial charge in [-0.3, -0.25) is 19.5 Å². The smallest absolute Gasteiger partial charge is 0.313 e. The molecule has 1 fully saturated rings. The molecule has 1 saturated heterocycles. The number of anilines is 1. The lowest BCUT2D eigenvalue weighted by Crippen LogP contribution is -2.47. The number of carbonyl (C=O) groups is 2. The SMILES string of the molecule is O=C(Nc1ccccc1)C(=O)NC1CCN(Cc2ccncc2)CC1. The predicted octanol–water partition coefficient (Wildman–Crippen LogP) is 1.80. The number of carbonyl (C=O) groups excluding carboxylic acids is 2. The molecule has 2 N–H and O–H groups in total. The fourth-order valence-corrected chi connectivity index (χ4v) is 2.94. The molecule has 0 saturated carbocycles. The second kappa shape index (κ2) is 8.39. The molecule has 6 nitrogen and oxygen atoms in total. The van der Waals surface area contributed by atoms with E-state index in [1.165, 1.54) is 5.56 Å². The molecule has 1 aromatic carbocycles. The van der Waals surface area contributed by atoms with Gasteiger partial charge in [0.15, 0.2) is 0 Å². The van der Waals surface area contributed by atoms with Gasteiger partial charge in [-0.1, -0.05) is 18.2 Å². The summed E-state index contributed by atoms with van der Waals surface area (Å²) in [4.78, 5) is 30.4. The van der Waals surface area contributed by atoms with Crippen LogP contribution in [0.25, 0.3) is 0 Å². The minimum Gasteiger partial charge on any atom is -0.345 e. The molecule has 2 heterocycles. The van der Waals surface area contributed by atoms with Gasteiger partial charge < -0.3 is 10.6 Å². The number of hydrogen-bond acceptors (Lipinski definition) is 4. The van der Waals surface area contributed by atoms with Gasteiger partial charge in [-0.2, -0.15) is 0 Å². The molecular weight excluding hydrogens is 316 g/mol. The van der Waals surface area contributed by atoms with E-state index in [0.717, 1.165) is 32.5 Å². The Kier molecular flexibility index (Phi) is 5.74. The second-order valence-corrected chi connectivity index (χ2v) is 6.20. The van der Waals surface area contributed by atoms with Crippen LogP contribution in [0, 0.1) is 0 Å². The van der Waals surface area contributed by atoms with E-state index >= 15 is 0 Å². The second-order valence-electron chi connectivity index (χ2n) is 6.20. The molecular formula is C19H22N4O2. The van der Waals surface area contributed by atoms with Crippen molar-refractivity contribution >= 4 is 17.5 Å². The van der Waals surface area contributed by atoms with Crippen LogP contribution < -0.4 is 10.6 Å². The molecule has 1 aliphatic rings. The number of nitrogens with zero attached hydrogens (tertiary/aromatic N) is 2. The van der Waals surface area contributed by atoms with Gasteiger partial charge in [0.1, 0.15) is 0 Å². The number of benzene rings is 1. The number of piperidine rings is 1. The Labute approximate surface area is 147 Å². The Hall–Kier alpha value is -2.73. The number of amides is 2. The van der Waals surface area contributed by atoms with E-state index in [1.54, 1.807) is 24.5 Å². The van der Waals surface area contributed by atoms with Crippen molar-refractivity contribution < 1.29 is 9.59 Å². The molecule has 2 aromatic rings. The first kappa shape index (κ1) is 17.1. The molecule has 6 heteroatoms. The zero-order valence-electron chi connectivity index (χ0n) is 14.0. The molecule has 3 rings (SSSR count). The lowest BCUT2D eigenvalue weighted by Gasteiger charge is -2.32. The Balaban J connectivity index is 1.42. The van der Waals surface area contributed by atoms with E-state index < -0.39 is 11.8 Å². The zero-order valence-corrected chi connectivity index (χ0v) is 14.0. The maximum Gasteiger partial charge on any atom is 0.313 e. The van der Waals surface area contributed by atoms with Crippen LogP contribution >= 0.6 is 0 Å². The fourth-order valence-electron chi connectivity index (χ4n) is 2.94. The van der Waals surface area contributed by atoms with Gasteiger partial charge >= 0.3 is 11.8 Å². The Morgan fingerprint density at radius 3 is 2.36 bits per heavy atom. The van der Waals surface area contributed by atoms with E-state index in [9.17, 15) is 9.59 Å². The van der Waals surface area contributed by atoms with E-state index in [2.05, 4.69) is 20.5 Å². The number of nitrogens with one attached hydrogen (secondary N) is 2. The first-order chi connectivity index (χ1) is 12.2. The average molecular weight is 338 g/mol. The van der Waals surface area contributed by atoms with Crippen LogP contribution in [0.5, 0.6) is 0 Å². The van der Waals surface area contributed by atoms with Crippen molar-refractivity contribution in [1.29, 1.82) is 0 Å². The molecule has 25 heavy (non-hydrogen) atoms. The summed E-state index contributed by atoms with van der Waals surface area (Å²) in [5.41, 5.74) is 1.86. The van der Waals surface area contributed by atoms with Crippen molar-refractivity contribution in [2.24, 2.45) is 0 Å². The molecule has 130 valence electrons. The molecule has 1 aromatic heterocycles. The Morgan fingerprint density at radius 2 is 1.68 bits per heavy atom. The summed E-state index contributed by atoms with van der Waals surface area (Å²) in [7, 11) is 0. The Morgan fingerprint density at radius 1 is 1.00 bits per heavy atom. The average Bonchev–Trinajstić information content (AvgIpc) is 2.65. The maximum atomic E-state index is 12.0. The minimum atomic E-state index is -0.620. The van der Waals surface area contributed by atoms with Crippen LogP contribution in [0.3, 0.4) is 0 Å². The third kappa shape index (κ3) is 5.12. The van der Waals surface area contributed by atoms with Crippen LogP contribution in [0.15, 0.2) is 54.9 Å². The predicted molar refractivity (Wildman–Crippen MR) is 95.8 cm³/mol. The fraction of sp³-hybridized carbons (Fsp3) is 0.316. The largest absolute Gasteiger partial charge is 0.345 e. The summed E-state index contributed by atoms with van der Waals surface area (Å²) < 4.78 is 0. The molecule has 1 aliphatic heterocycles.